The Balaban J connectivity index is 0.00000240. The quantitative estimate of drug-likeness (QED) is 0.508. The SMILES string of the molecule is CC(C)c1cc(-c2nc(-c3ccc(CN)cc3)no2)c2cnn(C(C)C)c2n1.Cl. The summed E-state index contributed by atoms with van der Waals surface area (Å²) in [6.45, 7) is 8.92. The van der Waals surface area contributed by atoms with E-state index in [9.17, 15) is 0 Å². The third-order valence-corrected chi connectivity index (χ3v) is 4.77. The van der Waals surface area contributed by atoms with E-state index in [1.807, 2.05) is 41.2 Å². The maximum Gasteiger partial charge on any atom is 0.259 e. The zero-order valence-electron chi connectivity index (χ0n) is 17.0. The van der Waals surface area contributed by atoms with Crippen molar-refractivity contribution in [1.29, 1.82) is 0 Å². The van der Waals surface area contributed by atoms with Crippen molar-refractivity contribution < 1.29 is 4.52 Å². The van der Waals surface area contributed by atoms with Gasteiger partial charge in [0.2, 0.25) is 5.82 Å². The van der Waals surface area contributed by atoms with Crippen LogP contribution in [0.5, 0.6) is 0 Å². The number of halogens is 1. The molecular weight excluding hydrogens is 388 g/mol. The molecule has 0 aliphatic rings. The molecule has 4 aromatic rings. The van der Waals surface area contributed by atoms with E-state index in [0.29, 0.717) is 18.3 Å². The Kier molecular flexibility index (Phi) is 6.00. The van der Waals surface area contributed by atoms with E-state index in [1.165, 1.54) is 0 Å². The average Bonchev–Trinajstić information content (AvgIpc) is 3.34. The molecule has 4 rings (SSSR count). The van der Waals surface area contributed by atoms with E-state index in [2.05, 4.69) is 42.9 Å². The van der Waals surface area contributed by atoms with Gasteiger partial charge in [0.15, 0.2) is 5.65 Å². The lowest BCUT2D eigenvalue weighted by Crippen LogP contribution is -2.05. The van der Waals surface area contributed by atoms with E-state index in [-0.39, 0.29) is 24.4 Å². The Bertz CT molecular complexity index is 1110. The van der Waals surface area contributed by atoms with Gasteiger partial charge in [0.1, 0.15) is 0 Å². The van der Waals surface area contributed by atoms with E-state index in [4.69, 9.17) is 15.2 Å². The van der Waals surface area contributed by atoms with Gasteiger partial charge in [0, 0.05) is 23.8 Å². The highest BCUT2D eigenvalue weighted by Gasteiger charge is 2.20. The Labute approximate surface area is 175 Å². The lowest BCUT2D eigenvalue weighted by molar-refractivity contribution is 0.432. The molecular formula is C21H25ClN6O. The largest absolute Gasteiger partial charge is 0.334 e. The number of hydrogen-bond donors (Lipinski definition) is 1. The predicted octanol–water partition coefficient (Wildman–Crippen LogP) is 4.73. The van der Waals surface area contributed by atoms with Crippen LogP contribution >= 0.6 is 12.4 Å². The molecule has 29 heavy (non-hydrogen) atoms. The van der Waals surface area contributed by atoms with Gasteiger partial charge >= 0.3 is 0 Å². The van der Waals surface area contributed by atoms with E-state index < -0.39 is 0 Å². The molecule has 0 spiro atoms. The molecule has 0 aliphatic heterocycles. The maximum absolute atomic E-state index is 5.67. The van der Waals surface area contributed by atoms with Crippen molar-refractivity contribution in [3.05, 3.63) is 47.8 Å². The summed E-state index contributed by atoms with van der Waals surface area (Å²) in [5.41, 5.74) is 10.3. The van der Waals surface area contributed by atoms with Crippen molar-refractivity contribution >= 4 is 23.4 Å². The Hall–Kier alpha value is -2.77. The zero-order valence-corrected chi connectivity index (χ0v) is 17.8. The van der Waals surface area contributed by atoms with Crippen LogP contribution in [0.3, 0.4) is 0 Å². The molecule has 3 aromatic heterocycles. The van der Waals surface area contributed by atoms with Crippen molar-refractivity contribution in [2.75, 3.05) is 0 Å². The molecule has 2 N–H and O–H groups in total. The number of fused-ring (bicyclic) bond motifs is 1. The minimum absolute atomic E-state index is 0. The molecule has 8 heteroatoms. The minimum Gasteiger partial charge on any atom is -0.334 e. The first-order valence-corrected chi connectivity index (χ1v) is 9.49. The Morgan fingerprint density at radius 1 is 1.07 bits per heavy atom. The molecule has 152 valence electrons. The number of nitrogens with two attached hydrogens (primary N) is 1. The van der Waals surface area contributed by atoms with Crippen LogP contribution in [0.1, 0.15) is 50.9 Å². The average molecular weight is 413 g/mol. The van der Waals surface area contributed by atoms with E-state index in [1.54, 1.807) is 0 Å². The summed E-state index contributed by atoms with van der Waals surface area (Å²) in [5, 5.41) is 9.60. The minimum atomic E-state index is 0. The fourth-order valence-corrected chi connectivity index (χ4v) is 3.13. The van der Waals surface area contributed by atoms with Crippen LogP contribution in [0.15, 0.2) is 41.1 Å². The standard InChI is InChI=1S/C21H24N6O.ClH/c1-12(2)18-9-16(17-11-23-27(13(3)4)20(17)24-18)21-25-19(26-28-21)15-7-5-14(10-22)6-8-15;/h5-9,11-13H,10,22H2,1-4H3;1H. The van der Waals surface area contributed by atoms with Crippen molar-refractivity contribution in [2.24, 2.45) is 5.73 Å². The summed E-state index contributed by atoms with van der Waals surface area (Å²) in [4.78, 5) is 9.46. The first kappa shape index (κ1) is 21.0. The normalized spacial score (nSPS) is 11.4. The number of hydrogen-bond acceptors (Lipinski definition) is 6. The van der Waals surface area contributed by atoms with E-state index >= 15 is 0 Å². The van der Waals surface area contributed by atoms with Gasteiger partial charge < -0.3 is 10.3 Å². The second-order valence-electron chi connectivity index (χ2n) is 7.49. The summed E-state index contributed by atoms with van der Waals surface area (Å²) >= 11 is 0. The van der Waals surface area contributed by atoms with Crippen LogP contribution in [0.4, 0.5) is 0 Å². The van der Waals surface area contributed by atoms with Gasteiger partial charge in [-0.15, -0.1) is 12.4 Å². The van der Waals surface area contributed by atoms with Gasteiger partial charge in [-0.1, -0.05) is 43.3 Å². The molecule has 0 radical (unpaired) electrons. The molecule has 0 saturated carbocycles. The maximum atomic E-state index is 5.67. The van der Waals surface area contributed by atoms with Gasteiger partial charge in [-0.3, -0.25) is 0 Å². The molecule has 0 saturated heterocycles. The van der Waals surface area contributed by atoms with Crippen LogP contribution < -0.4 is 5.73 Å². The fraction of sp³-hybridized carbons (Fsp3) is 0.333. The lowest BCUT2D eigenvalue weighted by atomic mass is 10.1. The number of benzene rings is 1. The summed E-state index contributed by atoms with van der Waals surface area (Å²) in [7, 11) is 0. The molecule has 0 fully saturated rings. The molecule has 1 aromatic carbocycles. The number of rotatable bonds is 5. The number of nitrogens with zero attached hydrogens (tertiary/aromatic N) is 5. The summed E-state index contributed by atoms with van der Waals surface area (Å²) in [6.07, 6.45) is 1.82. The van der Waals surface area contributed by atoms with Crippen LogP contribution in [-0.4, -0.2) is 24.9 Å². The Morgan fingerprint density at radius 3 is 2.41 bits per heavy atom. The molecule has 0 bridgehead atoms. The van der Waals surface area contributed by atoms with Crippen molar-refractivity contribution in [3.63, 3.8) is 0 Å². The second-order valence-corrected chi connectivity index (χ2v) is 7.49. The molecule has 0 unspecified atom stereocenters. The first-order chi connectivity index (χ1) is 13.5. The van der Waals surface area contributed by atoms with Gasteiger partial charge in [0.25, 0.3) is 5.89 Å². The van der Waals surface area contributed by atoms with Gasteiger partial charge in [-0.25, -0.2) is 9.67 Å². The highest BCUT2D eigenvalue weighted by Crippen LogP contribution is 2.32. The van der Waals surface area contributed by atoms with Crippen molar-refractivity contribution in [1.82, 2.24) is 24.9 Å². The van der Waals surface area contributed by atoms with Crippen molar-refractivity contribution in [3.8, 4) is 22.8 Å². The number of pyridine rings is 1. The van der Waals surface area contributed by atoms with Crippen LogP contribution in [0.25, 0.3) is 33.9 Å². The Morgan fingerprint density at radius 2 is 1.79 bits per heavy atom. The topological polar surface area (TPSA) is 95.6 Å². The van der Waals surface area contributed by atoms with Gasteiger partial charge in [0.05, 0.1) is 17.1 Å². The number of aromatic nitrogens is 5. The highest BCUT2D eigenvalue weighted by molar-refractivity contribution is 5.90. The van der Waals surface area contributed by atoms with Gasteiger partial charge in [-0.05, 0) is 31.4 Å². The van der Waals surface area contributed by atoms with Crippen LogP contribution in [0.2, 0.25) is 0 Å². The zero-order chi connectivity index (χ0) is 19.8. The predicted molar refractivity (Wildman–Crippen MR) is 116 cm³/mol. The van der Waals surface area contributed by atoms with Crippen LogP contribution in [-0.2, 0) is 6.54 Å². The highest BCUT2D eigenvalue weighted by atomic mass is 35.5. The van der Waals surface area contributed by atoms with Crippen molar-refractivity contribution in [2.45, 2.75) is 46.2 Å². The molecule has 0 atom stereocenters. The smallest absolute Gasteiger partial charge is 0.259 e. The molecule has 3 heterocycles. The third-order valence-electron chi connectivity index (χ3n) is 4.77. The first-order valence-electron chi connectivity index (χ1n) is 9.49. The fourth-order valence-electron chi connectivity index (χ4n) is 3.13. The molecule has 0 amide bonds. The molecule has 7 nitrogen and oxygen atoms in total. The van der Waals surface area contributed by atoms with Crippen LogP contribution in [0, 0.1) is 0 Å². The van der Waals surface area contributed by atoms with E-state index in [0.717, 1.165) is 33.4 Å². The molecule has 0 aliphatic carbocycles. The monoisotopic (exact) mass is 412 g/mol. The second kappa shape index (κ2) is 8.31. The lowest BCUT2D eigenvalue weighted by Gasteiger charge is -2.10. The third kappa shape index (κ3) is 3.88. The summed E-state index contributed by atoms with van der Waals surface area (Å²) < 4.78 is 7.55. The summed E-state index contributed by atoms with van der Waals surface area (Å²) in [5.74, 6) is 1.28. The van der Waals surface area contributed by atoms with Gasteiger partial charge in [-0.2, -0.15) is 10.1 Å². The summed E-state index contributed by atoms with van der Waals surface area (Å²) in [6, 6.07) is 10.1.